The van der Waals surface area contributed by atoms with Crippen molar-refractivity contribution < 1.29 is 9.59 Å². The smallest absolute Gasteiger partial charge is 0.136 e. The van der Waals surface area contributed by atoms with E-state index >= 15 is 0 Å². The Kier molecular flexibility index (Phi) is 4.90. The van der Waals surface area contributed by atoms with Crippen LogP contribution in [0.25, 0.3) is 0 Å². The maximum Gasteiger partial charge on any atom is 0.136 e. The summed E-state index contributed by atoms with van der Waals surface area (Å²) in [5.41, 5.74) is 0. The lowest BCUT2D eigenvalue weighted by Crippen LogP contribution is -1.97. The molecule has 0 heterocycles. The monoisotopic (exact) mass is 192 g/mol. The Bertz CT molecular complexity index is 233. The van der Waals surface area contributed by atoms with Gasteiger partial charge in [0.25, 0.3) is 0 Å². The van der Waals surface area contributed by atoms with Crippen LogP contribution >= 0.6 is 0 Å². The Morgan fingerprint density at radius 1 is 0.714 bits per heavy atom. The van der Waals surface area contributed by atoms with Crippen LogP contribution in [0.2, 0.25) is 0 Å². The van der Waals surface area contributed by atoms with Crippen LogP contribution in [0.5, 0.6) is 0 Å². The molecule has 0 aromatic heterocycles. The number of rotatable bonds is 0. The first-order chi connectivity index (χ1) is 6.79. The Morgan fingerprint density at radius 2 is 1.14 bits per heavy atom. The van der Waals surface area contributed by atoms with Crippen LogP contribution in [-0.2, 0) is 9.59 Å². The molecule has 0 aromatic rings. The van der Waals surface area contributed by atoms with Crippen molar-refractivity contribution in [2.24, 2.45) is 0 Å². The lowest BCUT2D eigenvalue weighted by Gasteiger charge is -1.97. The highest BCUT2D eigenvalue weighted by molar-refractivity contribution is 5.81. The average molecular weight is 192 g/mol. The second-order valence-electron chi connectivity index (χ2n) is 3.51. The molecule has 0 atom stereocenters. The highest BCUT2D eigenvalue weighted by atomic mass is 16.1. The molecule has 0 saturated heterocycles. The van der Waals surface area contributed by atoms with Crippen LogP contribution in [0.3, 0.4) is 0 Å². The Balaban J connectivity index is 2.46. The van der Waals surface area contributed by atoms with Crippen molar-refractivity contribution in [1.29, 1.82) is 0 Å². The average Bonchev–Trinajstić information content (AvgIpc) is 2.14. The van der Waals surface area contributed by atoms with Gasteiger partial charge in [0, 0.05) is 25.7 Å². The minimum absolute atomic E-state index is 0.276. The van der Waals surface area contributed by atoms with E-state index in [1.54, 1.807) is 0 Å². The molecule has 0 amide bonds. The SMILES string of the molecule is O=C1C/C=C/CCC(=O)C/C=C/CC1. The van der Waals surface area contributed by atoms with E-state index in [4.69, 9.17) is 0 Å². The van der Waals surface area contributed by atoms with Crippen LogP contribution in [0.15, 0.2) is 24.3 Å². The normalized spacial score (nSPS) is 24.9. The van der Waals surface area contributed by atoms with E-state index in [0.717, 1.165) is 12.8 Å². The van der Waals surface area contributed by atoms with Gasteiger partial charge in [0.05, 0.1) is 0 Å². The molecule has 0 unspecified atom stereocenters. The Labute approximate surface area is 84.7 Å². The molecule has 0 N–H and O–H groups in total. The van der Waals surface area contributed by atoms with E-state index in [-0.39, 0.29) is 11.6 Å². The number of carbonyl (C=O) groups is 2. The summed E-state index contributed by atoms with van der Waals surface area (Å²) in [5, 5.41) is 0. The van der Waals surface area contributed by atoms with E-state index < -0.39 is 0 Å². The molecule has 2 heteroatoms. The van der Waals surface area contributed by atoms with Crippen LogP contribution in [0, 0.1) is 0 Å². The third kappa shape index (κ3) is 4.75. The summed E-state index contributed by atoms with van der Waals surface area (Å²) in [6.07, 6.45) is 11.4. The zero-order chi connectivity index (χ0) is 10.2. The predicted molar refractivity (Wildman–Crippen MR) is 56.0 cm³/mol. The summed E-state index contributed by atoms with van der Waals surface area (Å²) in [5.74, 6) is 0.551. The number of hydrogen-bond acceptors (Lipinski definition) is 2. The second kappa shape index (κ2) is 6.30. The van der Waals surface area contributed by atoms with Gasteiger partial charge in [-0.2, -0.15) is 0 Å². The van der Waals surface area contributed by atoms with E-state index in [9.17, 15) is 9.59 Å². The molecule has 0 aromatic carbocycles. The van der Waals surface area contributed by atoms with Gasteiger partial charge < -0.3 is 0 Å². The standard InChI is InChI=1S/C12H16O2/c13-11-7-3-1-4-8-12(14)10-6-2-5-9-11/h1-3,6H,4-5,7-10H2/b3-1+,6-2+. The quantitative estimate of drug-likeness (QED) is 0.553. The number of carbonyl (C=O) groups excluding carboxylic acids is 2. The van der Waals surface area contributed by atoms with E-state index in [1.165, 1.54) is 0 Å². The minimum Gasteiger partial charge on any atom is -0.299 e. The molecule has 14 heavy (non-hydrogen) atoms. The number of hydrogen-bond donors (Lipinski definition) is 0. The molecular formula is C12H16O2. The van der Waals surface area contributed by atoms with Gasteiger partial charge in [0.1, 0.15) is 11.6 Å². The van der Waals surface area contributed by atoms with Crippen molar-refractivity contribution in [3.63, 3.8) is 0 Å². The largest absolute Gasteiger partial charge is 0.299 e. The molecule has 0 spiro atoms. The second-order valence-corrected chi connectivity index (χ2v) is 3.51. The Morgan fingerprint density at radius 3 is 1.57 bits per heavy atom. The summed E-state index contributed by atoms with van der Waals surface area (Å²) in [4.78, 5) is 22.4. The van der Waals surface area contributed by atoms with Crippen molar-refractivity contribution in [3.8, 4) is 0 Å². The first kappa shape index (κ1) is 10.9. The summed E-state index contributed by atoms with van der Waals surface area (Å²) >= 11 is 0. The summed E-state index contributed by atoms with van der Waals surface area (Å²) in [6, 6.07) is 0. The molecule has 0 fully saturated rings. The molecule has 1 aliphatic carbocycles. The van der Waals surface area contributed by atoms with Crippen LogP contribution in [0.4, 0.5) is 0 Å². The minimum atomic E-state index is 0.276. The highest BCUT2D eigenvalue weighted by Crippen LogP contribution is 2.04. The fraction of sp³-hybridized carbons (Fsp3) is 0.500. The molecule has 0 aliphatic heterocycles. The summed E-state index contributed by atoms with van der Waals surface area (Å²) in [7, 11) is 0. The molecule has 2 nitrogen and oxygen atoms in total. The van der Waals surface area contributed by atoms with Gasteiger partial charge in [-0.05, 0) is 12.8 Å². The maximum absolute atomic E-state index is 11.2. The van der Waals surface area contributed by atoms with E-state index in [0.29, 0.717) is 25.7 Å². The number of ketones is 2. The molecule has 0 bridgehead atoms. The molecule has 76 valence electrons. The van der Waals surface area contributed by atoms with Crippen LogP contribution in [-0.4, -0.2) is 11.6 Å². The van der Waals surface area contributed by atoms with Gasteiger partial charge in [-0.1, -0.05) is 24.3 Å². The first-order valence-corrected chi connectivity index (χ1v) is 5.12. The molecule has 1 aliphatic rings. The lowest BCUT2D eigenvalue weighted by atomic mass is 10.1. The van der Waals surface area contributed by atoms with Crippen molar-refractivity contribution in [3.05, 3.63) is 24.3 Å². The van der Waals surface area contributed by atoms with Crippen LogP contribution in [0.1, 0.15) is 38.5 Å². The van der Waals surface area contributed by atoms with Gasteiger partial charge in [0.15, 0.2) is 0 Å². The molecule has 1 rings (SSSR count). The highest BCUT2D eigenvalue weighted by Gasteiger charge is 2.00. The number of allylic oxidation sites excluding steroid dienone is 4. The fourth-order valence-corrected chi connectivity index (χ4v) is 1.36. The zero-order valence-corrected chi connectivity index (χ0v) is 8.37. The van der Waals surface area contributed by atoms with Crippen molar-refractivity contribution in [2.45, 2.75) is 38.5 Å². The van der Waals surface area contributed by atoms with Gasteiger partial charge in [0.2, 0.25) is 0 Å². The molecule has 0 radical (unpaired) electrons. The van der Waals surface area contributed by atoms with Gasteiger partial charge in [-0.15, -0.1) is 0 Å². The molecular weight excluding hydrogens is 176 g/mol. The van der Waals surface area contributed by atoms with E-state index in [2.05, 4.69) is 0 Å². The third-order valence-electron chi connectivity index (χ3n) is 2.20. The maximum atomic E-state index is 11.2. The topological polar surface area (TPSA) is 34.1 Å². The van der Waals surface area contributed by atoms with Crippen molar-refractivity contribution in [2.75, 3.05) is 0 Å². The predicted octanol–water partition coefficient (Wildman–Crippen LogP) is 2.59. The number of Topliss-reactive ketones (excluding diaryl/α,β-unsaturated/α-hetero) is 2. The lowest BCUT2D eigenvalue weighted by molar-refractivity contribution is -0.118. The summed E-state index contributed by atoms with van der Waals surface area (Å²) in [6.45, 7) is 0. The van der Waals surface area contributed by atoms with E-state index in [1.807, 2.05) is 24.3 Å². The van der Waals surface area contributed by atoms with Gasteiger partial charge in [-0.25, -0.2) is 0 Å². The van der Waals surface area contributed by atoms with Gasteiger partial charge in [-0.3, -0.25) is 9.59 Å². The summed E-state index contributed by atoms with van der Waals surface area (Å²) < 4.78 is 0. The first-order valence-electron chi connectivity index (χ1n) is 5.12. The van der Waals surface area contributed by atoms with Gasteiger partial charge >= 0.3 is 0 Å². The van der Waals surface area contributed by atoms with Crippen molar-refractivity contribution in [1.82, 2.24) is 0 Å². The third-order valence-corrected chi connectivity index (χ3v) is 2.20. The zero-order valence-electron chi connectivity index (χ0n) is 8.37. The van der Waals surface area contributed by atoms with Crippen molar-refractivity contribution >= 4 is 11.6 Å². The molecule has 0 saturated carbocycles. The van der Waals surface area contributed by atoms with Crippen LogP contribution < -0.4 is 0 Å². The Hall–Kier alpha value is -1.18. The fourth-order valence-electron chi connectivity index (χ4n) is 1.36.